The number of benzene rings is 2. The summed E-state index contributed by atoms with van der Waals surface area (Å²) in [5.41, 5.74) is 1.25. The molecule has 0 aliphatic carbocycles. The van der Waals surface area contributed by atoms with E-state index >= 15 is 0 Å². The second-order valence-corrected chi connectivity index (χ2v) is 8.83. The summed E-state index contributed by atoms with van der Waals surface area (Å²) < 4.78 is 27.9. The van der Waals surface area contributed by atoms with E-state index in [4.69, 9.17) is 16.3 Å². The predicted octanol–water partition coefficient (Wildman–Crippen LogP) is 6.30. The number of carbonyl (C=O) groups excluding carboxylic acids is 1. The van der Waals surface area contributed by atoms with Crippen LogP contribution < -0.4 is 30.4 Å². The van der Waals surface area contributed by atoms with Gasteiger partial charge in [0.15, 0.2) is 5.75 Å². The van der Waals surface area contributed by atoms with Crippen LogP contribution in [-0.2, 0) is 7.05 Å². The van der Waals surface area contributed by atoms with E-state index in [0.717, 1.165) is 5.56 Å². The highest BCUT2D eigenvalue weighted by atomic mass is 35.5. The minimum atomic E-state index is -0.522. The summed E-state index contributed by atoms with van der Waals surface area (Å²) in [7, 11) is 3.25. The number of aryl methyl sites for hydroxylation is 1. The first-order valence-corrected chi connectivity index (χ1v) is 13.0. The number of halogens is 2. The van der Waals surface area contributed by atoms with E-state index in [-0.39, 0.29) is 39.2 Å². The van der Waals surface area contributed by atoms with Crippen molar-refractivity contribution in [1.29, 1.82) is 0 Å². The van der Waals surface area contributed by atoms with Gasteiger partial charge in [-0.15, -0.1) is 0 Å². The van der Waals surface area contributed by atoms with E-state index in [0.29, 0.717) is 12.2 Å². The van der Waals surface area contributed by atoms with Gasteiger partial charge in [-0.1, -0.05) is 37.6 Å². The van der Waals surface area contributed by atoms with Gasteiger partial charge in [0.25, 0.3) is 11.5 Å². The summed E-state index contributed by atoms with van der Waals surface area (Å²) in [5, 5.41) is 5.92. The number of carbonyl (C=O) groups is 1. The number of nitrogens with zero attached hydrogens (tertiary/aromatic N) is 1. The topological polar surface area (TPSA) is 96.4 Å². The Morgan fingerprint density at radius 3 is 2.49 bits per heavy atom. The Balaban J connectivity index is 0.00000235. The number of anilines is 3. The van der Waals surface area contributed by atoms with E-state index < -0.39 is 17.3 Å². The van der Waals surface area contributed by atoms with Crippen molar-refractivity contribution >= 4 is 46.8 Å². The van der Waals surface area contributed by atoms with Crippen molar-refractivity contribution in [3.05, 3.63) is 74.3 Å². The van der Waals surface area contributed by atoms with Gasteiger partial charge in [-0.25, -0.2) is 9.11 Å². The molecule has 0 fully saturated rings. The number of amides is 1. The Kier molecular flexibility index (Phi) is 11.3. The highest BCUT2D eigenvalue weighted by Crippen LogP contribution is 2.39. The quantitative estimate of drug-likeness (QED) is 0.232. The summed E-state index contributed by atoms with van der Waals surface area (Å²) in [4.78, 5) is 26.3. The fourth-order valence-electron chi connectivity index (χ4n) is 3.38. The third-order valence-electron chi connectivity index (χ3n) is 5.15. The molecule has 0 saturated heterocycles. The van der Waals surface area contributed by atoms with Gasteiger partial charge in [-0.05, 0) is 57.6 Å². The molecule has 2 aromatic carbocycles. The van der Waals surface area contributed by atoms with Crippen molar-refractivity contribution < 1.29 is 13.9 Å². The lowest BCUT2D eigenvalue weighted by atomic mass is 10.1. The second-order valence-electron chi connectivity index (χ2n) is 7.64. The normalized spacial score (nSPS) is 10.3. The first kappa shape index (κ1) is 30.0. The lowest BCUT2D eigenvalue weighted by Crippen LogP contribution is -2.30. The number of hydrogen-bond acceptors (Lipinski definition) is 7. The maximum atomic E-state index is 14.7. The van der Waals surface area contributed by atoms with Crippen molar-refractivity contribution in [2.45, 2.75) is 34.6 Å². The van der Waals surface area contributed by atoms with Crippen molar-refractivity contribution in [1.82, 2.24) is 14.6 Å². The third-order valence-corrected chi connectivity index (χ3v) is 6.06. The van der Waals surface area contributed by atoms with Crippen molar-refractivity contribution in [2.24, 2.45) is 7.05 Å². The van der Waals surface area contributed by atoms with Crippen LogP contribution in [0, 0.1) is 19.7 Å². The molecule has 0 aliphatic rings. The van der Waals surface area contributed by atoms with Gasteiger partial charge >= 0.3 is 0 Å². The largest absolute Gasteiger partial charge is 0.454 e. The monoisotopic (exact) mass is 549 g/mol. The molecule has 11 heteroatoms. The van der Waals surface area contributed by atoms with Gasteiger partial charge in [0, 0.05) is 25.7 Å². The molecule has 0 spiro atoms. The average Bonchev–Trinajstić information content (AvgIpc) is 2.88. The maximum absolute atomic E-state index is 14.7. The minimum absolute atomic E-state index is 0.0226. The zero-order chi connectivity index (χ0) is 27.7. The molecule has 0 unspecified atom stereocenters. The van der Waals surface area contributed by atoms with Crippen LogP contribution in [0.4, 0.5) is 21.6 Å². The summed E-state index contributed by atoms with van der Waals surface area (Å²) in [5.74, 6) is -0.670. The Bertz CT molecular complexity index is 1320. The molecule has 1 heterocycles. The van der Waals surface area contributed by atoms with Crippen LogP contribution >= 0.6 is 23.7 Å². The van der Waals surface area contributed by atoms with Gasteiger partial charge in [0.2, 0.25) is 0 Å². The van der Waals surface area contributed by atoms with E-state index in [9.17, 15) is 14.0 Å². The van der Waals surface area contributed by atoms with Gasteiger partial charge in [-0.2, -0.15) is 0 Å². The number of ether oxygens (including phenoxy) is 1. The minimum Gasteiger partial charge on any atom is -0.454 e. The van der Waals surface area contributed by atoms with Gasteiger partial charge in [0.05, 0.1) is 16.9 Å². The van der Waals surface area contributed by atoms with Gasteiger partial charge in [-0.3, -0.25) is 14.2 Å². The van der Waals surface area contributed by atoms with E-state index in [1.165, 1.54) is 29.8 Å². The standard InChI is InChI=1S/C24H27ClFN5O3S.C2H6/c1-6-28-23(32)19-21(34-18-9-7-8-17(20(18)25)30-35-27-4)14(3)24(33)31(5)22(19)29-16-11-10-13(2)12-15(16)26;1-2/h7-12,27,29-30H,6H2,1-5H3,(H,28,32);1-2H3. The number of rotatable bonds is 9. The summed E-state index contributed by atoms with van der Waals surface area (Å²) in [6.45, 7) is 9.43. The Morgan fingerprint density at radius 1 is 1.16 bits per heavy atom. The van der Waals surface area contributed by atoms with Crippen LogP contribution in [0.1, 0.15) is 42.3 Å². The Hall–Kier alpha value is -3.21. The number of nitrogens with one attached hydrogen (secondary N) is 4. The van der Waals surface area contributed by atoms with Crippen molar-refractivity contribution in [3.8, 4) is 11.5 Å². The highest BCUT2D eigenvalue weighted by molar-refractivity contribution is 7.98. The van der Waals surface area contributed by atoms with Crippen LogP contribution in [0.2, 0.25) is 5.02 Å². The zero-order valence-corrected chi connectivity index (χ0v) is 23.6. The SMILES string of the molecule is CC.CCNC(=O)c1c(Oc2cccc(NSNC)c2Cl)c(C)c(=O)n(C)c1Nc1ccc(C)cc1F. The highest BCUT2D eigenvalue weighted by Gasteiger charge is 2.26. The summed E-state index contributed by atoms with van der Waals surface area (Å²) >= 11 is 7.75. The molecule has 37 heavy (non-hydrogen) atoms. The molecule has 0 aliphatic heterocycles. The van der Waals surface area contributed by atoms with E-state index in [2.05, 4.69) is 20.1 Å². The Morgan fingerprint density at radius 2 is 1.86 bits per heavy atom. The summed E-state index contributed by atoms with van der Waals surface area (Å²) in [6, 6.07) is 9.74. The first-order chi connectivity index (χ1) is 17.7. The van der Waals surface area contributed by atoms with Crippen molar-refractivity contribution in [3.63, 3.8) is 0 Å². The van der Waals surface area contributed by atoms with Crippen LogP contribution in [0.15, 0.2) is 41.2 Å². The molecule has 0 bridgehead atoms. The van der Waals surface area contributed by atoms with Crippen LogP contribution in [0.25, 0.3) is 0 Å². The molecular weight excluding hydrogens is 517 g/mol. The molecular formula is C26H33ClFN5O3S. The molecule has 200 valence electrons. The molecule has 3 aromatic rings. The third kappa shape index (κ3) is 6.97. The lowest BCUT2D eigenvalue weighted by molar-refractivity contribution is 0.0953. The molecule has 1 amide bonds. The molecule has 0 atom stereocenters. The van der Waals surface area contributed by atoms with Crippen LogP contribution in [-0.4, -0.2) is 24.1 Å². The first-order valence-electron chi connectivity index (χ1n) is 11.8. The average molecular weight is 550 g/mol. The van der Waals surface area contributed by atoms with Gasteiger partial charge in [0.1, 0.15) is 28.0 Å². The number of pyridine rings is 1. The fraction of sp³-hybridized carbons (Fsp3) is 0.308. The zero-order valence-electron chi connectivity index (χ0n) is 22.0. The Labute approximate surface area is 226 Å². The van der Waals surface area contributed by atoms with E-state index in [1.54, 1.807) is 58.2 Å². The summed E-state index contributed by atoms with van der Waals surface area (Å²) in [6.07, 6.45) is 0. The van der Waals surface area contributed by atoms with E-state index in [1.807, 2.05) is 13.8 Å². The van der Waals surface area contributed by atoms with Crippen molar-refractivity contribution in [2.75, 3.05) is 23.6 Å². The number of aromatic nitrogens is 1. The molecule has 0 saturated carbocycles. The molecule has 8 nitrogen and oxygen atoms in total. The second kappa shape index (κ2) is 13.9. The molecule has 4 N–H and O–H groups in total. The molecule has 3 rings (SSSR count). The fourth-order valence-corrected chi connectivity index (χ4v) is 4.03. The molecule has 0 radical (unpaired) electrons. The van der Waals surface area contributed by atoms with Crippen LogP contribution in [0.5, 0.6) is 11.5 Å². The maximum Gasteiger partial charge on any atom is 0.258 e. The van der Waals surface area contributed by atoms with Gasteiger partial charge < -0.3 is 20.1 Å². The molecule has 1 aromatic heterocycles. The number of hydrogen-bond donors (Lipinski definition) is 4. The lowest BCUT2D eigenvalue weighted by Gasteiger charge is -2.22. The predicted molar refractivity (Wildman–Crippen MR) is 152 cm³/mol. The smallest absolute Gasteiger partial charge is 0.258 e. The van der Waals surface area contributed by atoms with Crippen LogP contribution in [0.3, 0.4) is 0 Å².